The molecule has 2 aromatic carbocycles. The average molecular weight is 352 g/mol. The Bertz CT molecular complexity index is 603. The molecule has 0 amide bonds. The highest BCUT2D eigenvalue weighted by atomic mass is 79.9. The van der Waals surface area contributed by atoms with E-state index >= 15 is 0 Å². The van der Waals surface area contributed by atoms with Crippen molar-refractivity contribution in [3.63, 3.8) is 0 Å². The first-order valence-electron chi connectivity index (χ1n) is 7.01. The van der Waals surface area contributed by atoms with Crippen molar-refractivity contribution in [3.05, 3.63) is 63.9 Å². The van der Waals surface area contributed by atoms with Gasteiger partial charge >= 0.3 is 0 Å². The lowest BCUT2D eigenvalue weighted by Crippen LogP contribution is -2.19. The Morgan fingerprint density at radius 1 is 1.19 bits per heavy atom. The summed E-state index contributed by atoms with van der Waals surface area (Å²) in [6.45, 7) is 5.11. The van der Waals surface area contributed by atoms with Crippen LogP contribution in [0.3, 0.4) is 0 Å². The summed E-state index contributed by atoms with van der Waals surface area (Å²) in [5.41, 5.74) is 1.61. The van der Waals surface area contributed by atoms with Crippen LogP contribution >= 0.6 is 15.9 Å². The molecule has 1 N–H and O–H groups in total. The molecule has 0 bridgehead atoms. The van der Waals surface area contributed by atoms with Gasteiger partial charge in [0.1, 0.15) is 18.2 Å². The number of hydrogen-bond donors (Lipinski definition) is 1. The highest BCUT2D eigenvalue weighted by molar-refractivity contribution is 9.10. The van der Waals surface area contributed by atoms with Crippen molar-refractivity contribution >= 4 is 15.9 Å². The first-order chi connectivity index (χ1) is 10.1. The zero-order valence-corrected chi connectivity index (χ0v) is 13.8. The maximum atomic E-state index is 14.1. The molecule has 0 fully saturated rings. The van der Waals surface area contributed by atoms with E-state index in [9.17, 15) is 4.39 Å². The van der Waals surface area contributed by atoms with Crippen molar-refractivity contribution in [1.29, 1.82) is 0 Å². The van der Waals surface area contributed by atoms with Crippen LogP contribution in [0.2, 0.25) is 0 Å². The largest absolute Gasteiger partial charge is 0.488 e. The molecule has 0 aromatic heterocycles. The molecule has 1 unspecified atom stereocenters. The van der Waals surface area contributed by atoms with Crippen molar-refractivity contribution in [2.75, 3.05) is 6.54 Å². The Morgan fingerprint density at radius 2 is 1.95 bits per heavy atom. The van der Waals surface area contributed by atoms with Crippen LogP contribution in [0.15, 0.2) is 46.9 Å². The van der Waals surface area contributed by atoms with Gasteiger partial charge < -0.3 is 10.1 Å². The Hall–Kier alpha value is -1.39. The van der Waals surface area contributed by atoms with Crippen molar-refractivity contribution in [3.8, 4) is 5.75 Å². The quantitative estimate of drug-likeness (QED) is 0.803. The average Bonchev–Trinajstić information content (AvgIpc) is 2.46. The van der Waals surface area contributed by atoms with E-state index in [0.717, 1.165) is 16.6 Å². The molecule has 2 aromatic rings. The Labute approximate surface area is 133 Å². The first kappa shape index (κ1) is 16.0. The number of benzene rings is 2. The molecule has 0 saturated heterocycles. The summed E-state index contributed by atoms with van der Waals surface area (Å²) >= 11 is 3.49. The highest BCUT2D eigenvalue weighted by Gasteiger charge is 2.16. The third kappa shape index (κ3) is 4.05. The summed E-state index contributed by atoms with van der Waals surface area (Å²) in [5.74, 6) is 0.340. The van der Waals surface area contributed by atoms with E-state index < -0.39 is 0 Å². The SMILES string of the molecule is CCNC(C)c1c(F)cccc1OCc1ccccc1Br. The minimum absolute atomic E-state index is 0.0922. The molecular formula is C17H19BrFNO. The highest BCUT2D eigenvalue weighted by Crippen LogP contribution is 2.29. The Balaban J connectivity index is 2.20. The predicted octanol–water partition coefficient (Wildman–Crippen LogP) is 4.84. The van der Waals surface area contributed by atoms with Gasteiger partial charge in [-0.1, -0.05) is 47.1 Å². The smallest absolute Gasteiger partial charge is 0.131 e. The van der Waals surface area contributed by atoms with Gasteiger partial charge in [-0.2, -0.15) is 0 Å². The van der Waals surface area contributed by atoms with Gasteiger partial charge in [0.05, 0.1) is 0 Å². The molecule has 0 radical (unpaired) electrons. The third-order valence-electron chi connectivity index (χ3n) is 3.30. The van der Waals surface area contributed by atoms with Crippen molar-refractivity contribution in [2.45, 2.75) is 26.5 Å². The van der Waals surface area contributed by atoms with Crippen molar-refractivity contribution in [1.82, 2.24) is 5.32 Å². The second-order valence-corrected chi connectivity index (χ2v) is 5.67. The zero-order valence-electron chi connectivity index (χ0n) is 12.2. The van der Waals surface area contributed by atoms with Crippen LogP contribution in [0.5, 0.6) is 5.75 Å². The van der Waals surface area contributed by atoms with Crippen LogP contribution in [-0.2, 0) is 6.61 Å². The number of halogens is 2. The zero-order chi connectivity index (χ0) is 15.2. The maximum Gasteiger partial charge on any atom is 0.131 e. The fraction of sp³-hybridized carbons (Fsp3) is 0.294. The molecule has 21 heavy (non-hydrogen) atoms. The molecule has 2 rings (SSSR count). The molecule has 2 nitrogen and oxygen atoms in total. The summed E-state index contributed by atoms with van der Waals surface area (Å²) < 4.78 is 20.9. The van der Waals surface area contributed by atoms with E-state index in [1.165, 1.54) is 6.07 Å². The van der Waals surface area contributed by atoms with Gasteiger partial charge in [-0.05, 0) is 31.7 Å². The minimum Gasteiger partial charge on any atom is -0.488 e. The van der Waals surface area contributed by atoms with Crippen LogP contribution < -0.4 is 10.1 Å². The van der Waals surface area contributed by atoms with Gasteiger partial charge in [-0.3, -0.25) is 0 Å². The van der Waals surface area contributed by atoms with Crippen LogP contribution in [0.25, 0.3) is 0 Å². The standard InChI is InChI=1S/C17H19BrFNO/c1-3-20-12(2)17-15(19)9-6-10-16(17)21-11-13-7-4-5-8-14(13)18/h4-10,12,20H,3,11H2,1-2H3. The molecule has 0 saturated carbocycles. The molecule has 0 aliphatic heterocycles. The van der Waals surface area contributed by atoms with Gasteiger partial charge in [-0.25, -0.2) is 4.39 Å². The molecule has 0 aliphatic carbocycles. The molecule has 112 valence electrons. The van der Waals surface area contributed by atoms with Crippen LogP contribution in [-0.4, -0.2) is 6.54 Å². The monoisotopic (exact) mass is 351 g/mol. The van der Waals surface area contributed by atoms with Crippen molar-refractivity contribution in [2.24, 2.45) is 0 Å². The first-order valence-corrected chi connectivity index (χ1v) is 7.80. The van der Waals surface area contributed by atoms with E-state index in [1.54, 1.807) is 6.07 Å². The number of ether oxygens (including phenoxy) is 1. The number of rotatable bonds is 6. The lowest BCUT2D eigenvalue weighted by atomic mass is 10.1. The Kier molecular flexibility index (Phi) is 5.76. The topological polar surface area (TPSA) is 21.3 Å². The second kappa shape index (κ2) is 7.57. The number of hydrogen-bond acceptors (Lipinski definition) is 2. The van der Waals surface area contributed by atoms with E-state index in [-0.39, 0.29) is 11.9 Å². The molecule has 1 atom stereocenters. The summed E-state index contributed by atoms with van der Waals surface area (Å²) in [4.78, 5) is 0. The fourth-order valence-corrected chi connectivity index (χ4v) is 2.64. The summed E-state index contributed by atoms with van der Waals surface area (Å²) in [5, 5.41) is 3.22. The van der Waals surface area contributed by atoms with Gasteiger partial charge in [0.25, 0.3) is 0 Å². The number of nitrogens with one attached hydrogen (secondary N) is 1. The lowest BCUT2D eigenvalue weighted by molar-refractivity contribution is 0.296. The predicted molar refractivity (Wildman–Crippen MR) is 87.0 cm³/mol. The van der Waals surface area contributed by atoms with Crippen LogP contribution in [0, 0.1) is 5.82 Å². The summed E-state index contributed by atoms with van der Waals surface area (Å²) in [6.07, 6.45) is 0. The lowest BCUT2D eigenvalue weighted by Gasteiger charge is -2.18. The third-order valence-corrected chi connectivity index (χ3v) is 4.07. The van der Waals surface area contributed by atoms with Gasteiger partial charge in [0, 0.05) is 21.6 Å². The summed E-state index contributed by atoms with van der Waals surface area (Å²) in [7, 11) is 0. The molecule has 0 aliphatic rings. The molecule has 0 spiro atoms. The second-order valence-electron chi connectivity index (χ2n) is 4.81. The van der Waals surface area contributed by atoms with Gasteiger partial charge in [0.15, 0.2) is 0 Å². The van der Waals surface area contributed by atoms with E-state index in [4.69, 9.17) is 4.74 Å². The van der Waals surface area contributed by atoms with E-state index in [2.05, 4.69) is 21.2 Å². The van der Waals surface area contributed by atoms with Crippen molar-refractivity contribution < 1.29 is 9.13 Å². The van der Waals surface area contributed by atoms with E-state index in [1.807, 2.05) is 44.2 Å². The van der Waals surface area contributed by atoms with Crippen LogP contribution in [0.1, 0.15) is 31.0 Å². The summed E-state index contributed by atoms with van der Waals surface area (Å²) in [6, 6.07) is 12.7. The molecular weight excluding hydrogens is 333 g/mol. The van der Waals surface area contributed by atoms with E-state index in [0.29, 0.717) is 17.9 Å². The molecule has 4 heteroatoms. The van der Waals surface area contributed by atoms with Crippen LogP contribution in [0.4, 0.5) is 4.39 Å². The van der Waals surface area contributed by atoms with Gasteiger partial charge in [0.2, 0.25) is 0 Å². The van der Waals surface area contributed by atoms with Gasteiger partial charge in [-0.15, -0.1) is 0 Å². The Morgan fingerprint density at radius 3 is 2.67 bits per heavy atom. The fourth-order valence-electron chi connectivity index (χ4n) is 2.24. The maximum absolute atomic E-state index is 14.1. The molecule has 0 heterocycles. The normalized spacial score (nSPS) is 12.2. The minimum atomic E-state index is -0.243.